The maximum Gasteiger partial charge on any atom is 0.252 e. The van der Waals surface area contributed by atoms with E-state index in [1.54, 1.807) is 11.0 Å². The molecule has 0 aliphatic carbocycles. The number of nitrogen functional groups attached to an aromatic ring is 1. The lowest BCUT2D eigenvalue weighted by atomic mass is 10.1. The summed E-state index contributed by atoms with van der Waals surface area (Å²) in [5, 5.41) is 12.6. The summed E-state index contributed by atoms with van der Waals surface area (Å²) >= 11 is 0. The summed E-state index contributed by atoms with van der Waals surface area (Å²) < 4.78 is 1.63. The Hall–Kier alpha value is -2.35. The van der Waals surface area contributed by atoms with Gasteiger partial charge in [-0.2, -0.15) is 5.26 Å². The van der Waals surface area contributed by atoms with Crippen LogP contribution >= 0.6 is 0 Å². The van der Waals surface area contributed by atoms with Crippen LogP contribution in [0.3, 0.4) is 0 Å². The van der Waals surface area contributed by atoms with Crippen molar-refractivity contribution in [2.45, 2.75) is 13.5 Å². The van der Waals surface area contributed by atoms with E-state index in [9.17, 15) is 0 Å². The molecule has 0 bridgehead atoms. The lowest BCUT2D eigenvalue weighted by Gasteiger charge is -2.07. The van der Waals surface area contributed by atoms with Crippen molar-refractivity contribution in [2.75, 3.05) is 5.73 Å². The molecule has 2 aromatic rings. The molecule has 80 valence electrons. The average molecular weight is 213 g/mol. The molecule has 0 unspecified atom stereocenters. The Morgan fingerprint density at radius 3 is 3.00 bits per heavy atom. The van der Waals surface area contributed by atoms with Crippen molar-refractivity contribution in [3.63, 3.8) is 0 Å². The quantitative estimate of drug-likeness (QED) is 0.757. The van der Waals surface area contributed by atoms with E-state index in [-0.39, 0.29) is 5.82 Å². The number of aromatic nitrogens is 3. The number of benzene rings is 1. The Labute approximate surface area is 93.1 Å². The van der Waals surface area contributed by atoms with E-state index < -0.39 is 0 Å². The molecule has 1 aromatic heterocycles. The monoisotopic (exact) mass is 213 g/mol. The van der Waals surface area contributed by atoms with Gasteiger partial charge in [-0.05, 0) is 24.1 Å². The summed E-state index contributed by atoms with van der Waals surface area (Å²) in [5.41, 5.74) is 8.69. The van der Waals surface area contributed by atoms with Gasteiger partial charge >= 0.3 is 0 Å². The van der Waals surface area contributed by atoms with Gasteiger partial charge in [0.15, 0.2) is 0 Å². The van der Waals surface area contributed by atoms with Crippen LogP contribution < -0.4 is 5.73 Å². The number of rotatable bonds is 2. The molecule has 5 heteroatoms. The molecular formula is C11H11N5. The Bertz CT molecular complexity index is 550. The van der Waals surface area contributed by atoms with Crippen LogP contribution in [0.1, 0.15) is 17.0 Å². The van der Waals surface area contributed by atoms with Crippen molar-refractivity contribution in [3.05, 3.63) is 41.5 Å². The van der Waals surface area contributed by atoms with Crippen molar-refractivity contribution < 1.29 is 0 Å². The van der Waals surface area contributed by atoms with E-state index in [1.807, 2.05) is 31.2 Å². The molecule has 0 fully saturated rings. The topological polar surface area (TPSA) is 80.5 Å². The van der Waals surface area contributed by atoms with E-state index in [0.29, 0.717) is 6.54 Å². The van der Waals surface area contributed by atoms with Gasteiger partial charge in [0.25, 0.3) is 5.82 Å². The fourth-order valence-electron chi connectivity index (χ4n) is 1.47. The smallest absolute Gasteiger partial charge is 0.252 e. The molecule has 5 nitrogen and oxygen atoms in total. The van der Waals surface area contributed by atoms with Gasteiger partial charge in [0.2, 0.25) is 0 Å². The molecule has 16 heavy (non-hydrogen) atoms. The molecule has 0 spiro atoms. The Balaban J connectivity index is 2.27. The molecule has 1 aromatic carbocycles. The van der Waals surface area contributed by atoms with Gasteiger partial charge in [-0.1, -0.05) is 12.1 Å². The third kappa shape index (κ3) is 1.86. The molecule has 0 aliphatic rings. The maximum absolute atomic E-state index is 8.61. The molecule has 0 amide bonds. The van der Waals surface area contributed by atoms with E-state index in [4.69, 9.17) is 11.0 Å². The first-order chi connectivity index (χ1) is 7.70. The summed E-state index contributed by atoms with van der Waals surface area (Å²) in [7, 11) is 0. The molecule has 2 N–H and O–H groups in total. The SMILES string of the molecule is Cc1c(N)cccc1Cn1cnc(C#N)n1. The molecular weight excluding hydrogens is 202 g/mol. The highest BCUT2D eigenvalue weighted by atomic mass is 15.3. The first-order valence-corrected chi connectivity index (χ1v) is 4.84. The normalized spacial score (nSPS) is 10.0. The second-order valence-electron chi connectivity index (χ2n) is 3.51. The molecule has 0 radical (unpaired) electrons. The predicted molar refractivity (Wildman–Crippen MR) is 59.4 cm³/mol. The first kappa shape index (κ1) is 10.2. The van der Waals surface area contributed by atoms with Crippen molar-refractivity contribution in [3.8, 4) is 6.07 Å². The van der Waals surface area contributed by atoms with Crippen molar-refractivity contribution >= 4 is 5.69 Å². The average Bonchev–Trinajstić information content (AvgIpc) is 2.73. The minimum atomic E-state index is 0.182. The second kappa shape index (κ2) is 4.03. The van der Waals surface area contributed by atoms with Gasteiger partial charge < -0.3 is 5.73 Å². The zero-order valence-corrected chi connectivity index (χ0v) is 8.88. The number of hydrogen-bond donors (Lipinski definition) is 1. The zero-order chi connectivity index (χ0) is 11.5. The minimum absolute atomic E-state index is 0.182. The third-order valence-corrected chi connectivity index (χ3v) is 2.46. The lowest BCUT2D eigenvalue weighted by Crippen LogP contribution is -2.04. The van der Waals surface area contributed by atoms with Gasteiger partial charge in [0.05, 0.1) is 6.54 Å². The largest absolute Gasteiger partial charge is 0.399 e. The number of nitrogens with zero attached hydrogens (tertiary/aromatic N) is 4. The van der Waals surface area contributed by atoms with Crippen LogP contribution in [-0.4, -0.2) is 14.8 Å². The fraction of sp³-hybridized carbons (Fsp3) is 0.182. The van der Waals surface area contributed by atoms with Crippen molar-refractivity contribution in [1.29, 1.82) is 5.26 Å². The van der Waals surface area contributed by atoms with E-state index >= 15 is 0 Å². The van der Waals surface area contributed by atoms with Gasteiger partial charge in [-0.25, -0.2) is 9.67 Å². The molecule has 0 aliphatic heterocycles. The van der Waals surface area contributed by atoms with E-state index in [1.165, 1.54) is 0 Å². The van der Waals surface area contributed by atoms with Gasteiger partial charge in [0.1, 0.15) is 12.4 Å². The molecule has 0 atom stereocenters. The Morgan fingerprint density at radius 1 is 1.50 bits per heavy atom. The standard InChI is InChI=1S/C11H11N5/c1-8-9(3-2-4-10(8)13)6-16-7-14-11(5-12)15-16/h2-4,7H,6,13H2,1H3. The Morgan fingerprint density at radius 2 is 2.31 bits per heavy atom. The summed E-state index contributed by atoms with van der Waals surface area (Å²) in [6, 6.07) is 7.64. The van der Waals surface area contributed by atoms with Gasteiger partial charge in [0, 0.05) is 5.69 Å². The van der Waals surface area contributed by atoms with Gasteiger partial charge in [-0.3, -0.25) is 0 Å². The number of nitrogens with two attached hydrogens (primary N) is 1. The van der Waals surface area contributed by atoms with Crippen LogP contribution in [0, 0.1) is 18.3 Å². The lowest BCUT2D eigenvalue weighted by molar-refractivity contribution is 0.680. The second-order valence-corrected chi connectivity index (χ2v) is 3.51. The van der Waals surface area contributed by atoms with Crippen LogP contribution in [0.2, 0.25) is 0 Å². The molecule has 0 saturated heterocycles. The molecule has 1 heterocycles. The summed E-state index contributed by atoms with van der Waals surface area (Å²) in [5.74, 6) is 0.182. The van der Waals surface area contributed by atoms with Crippen LogP contribution in [0.4, 0.5) is 5.69 Å². The molecule has 0 saturated carbocycles. The number of anilines is 1. The summed E-state index contributed by atoms with van der Waals surface area (Å²) in [4.78, 5) is 3.84. The first-order valence-electron chi connectivity index (χ1n) is 4.84. The van der Waals surface area contributed by atoms with Crippen LogP contribution in [0.15, 0.2) is 24.5 Å². The summed E-state index contributed by atoms with van der Waals surface area (Å²) in [6.45, 7) is 2.54. The highest BCUT2D eigenvalue weighted by Crippen LogP contribution is 2.16. The fourth-order valence-corrected chi connectivity index (χ4v) is 1.47. The number of nitriles is 1. The van der Waals surface area contributed by atoms with Crippen molar-refractivity contribution in [2.24, 2.45) is 0 Å². The Kier molecular flexibility index (Phi) is 2.56. The highest BCUT2D eigenvalue weighted by molar-refractivity contribution is 5.49. The zero-order valence-electron chi connectivity index (χ0n) is 8.88. The number of hydrogen-bond acceptors (Lipinski definition) is 4. The van der Waals surface area contributed by atoms with Gasteiger partial charge in [-0.15, -0.1) is 5.10 Å². The summed E-state index contributed by atoms with van der Waals surface area (Å²) in [6.07, 6.45) is 1.54. The highest BCUT2D eigenvalue weighted by Gasteiger charge is 2.04. The third-order valence-electron chi connectivity index (χ3n) is 2.46. The molecule has 2 rings (SSSR count). The minimum Gasteiger partial charge on any atom is -0.399 e. The van der Waals surface area contributed by atoms with Crippen LogP contribution in [0.25, 0.3) is 0 Å². The maximum atomic E-state index is 8.61. The predicted octanol–water partition coefficient (Wildman–Crippen LogP) is 1.09. The van der Waals surface area contributed by atoms with E-state index in [0.717, 1.165) is 16.8 Å². The van der Waals surface area contributed by atoms with Crippen LogP contribution in [0.5, 0.6) is 0 Å². The van der Waals surface area contributed by atoms with E-state index in [2.05, 4.69) is 10.1 Å². The van der Waals surface area contributed by atoms with Crippen LogP contribution in [-0.2, 0) is 6.54 Å². The van der Waals surface area contributed by atoms with Crippen molar-refractivity contribution in [1.82, 2.24) is 14.8 Å².